The molecule has 0 fully saturated rings. The van der Waals surface area contributed by atoms with E-state index in [4.69, 9.17) is 0 Å². The predicted octanol–water partition coefficient (Wildman–Crippen LogP) is 4.57. The minimum absolute atomic E-state index is 0.100. The third-order valence-electron chi connectivity index (χ3n) is 3.63. The summed E-state index contributed by atoms with van der Waals surface area (Å²) in [7, 11) is 2.87. The second-order valence-corrected chi connectivity index (χ2v) is 5.53. The van der Waals surface area contributed by atoms with Gasteiger partial charge in [0.25, 0.3) is 0 Å². The van der Waals surface area contributed by atoms with Gasteiger partial charge >= 0.3 is 11.9 Å². The Balaban J connectivity index is 3.17. The van der Waals surface area contributed by atoms with Gasteiger partial charge in [-0.2, -0.15) is 0 Å². The molecular formula is C18H32O4. The van der Waals surface area contributed by atoms with Gasteiger partial charge in [-0.25, -0.2) is 0 Å². The highest BCUT2D eigenvalue weighted by molar-refractivity contribution is 5.69. The van der Waals surface area contributed by atoms with Crippen molar-refractivity contribution in [1.29, 1.82) is 0 Å². The van der Waals surface area contributed by atoms with E-state index in [1.165, 1.54) is 39.9 Å². The number of hydrogen-bond acceptors (Lipinski definition) is 4. The molecule has 22 heavy (non-hydrogen) atoms. The smallest absolute Gasteiger partial charge is 0.305 e. The lowest BCUT2D eigenvalue weighted by atomic mass is 10.1. The minimum atomic E-state index is -0.115. The van der Waals surface area contributed by atoms with Crippen LogP contribution in [0, 0.1) is 0 Å². The molecule has 4 nitrogen and oxygen atoms in total. The summed E-state index contributed by atoms with van der Waals surface area (Å²) in [6.07, 6.45) is 16.7. The van der Waals surface area contributed by atoms with Crippen molar-refractivity contribution >= 4 is 11.9 Å². The van der Waals surface area contributed by atoms with Gasteiger partial charge in [-0.1, -0.05) is 37.8 Å². The molecule has 0 aromatic carbocycles. The molecule has 0 saturated heterocycles. The number of unbranched alkanes of at least 4 members (excludes halogenated alkanes) is 8. The van der Waals surface area contributed by atoms with Gasteiger partial charge in [-0.3, -0.25) is 9.59 Å². The molecule has 128 valence electrons. The highest BCUT2D eigenvalue weighted by atomic mass is 16.5. The number of hydrogen-bond donors (Lipinski definition) is 0. The monoisotopic (exact) mass is 312 g/mol. The summed E-state index contributed by atoms with van der Waals surface area (Å²) in [5, 5.41) is 0. The first kappa shape index (κ1) is 20.7. The standard InChI is InChI=1S/C18H32O4/c1-21-17(19)15-13-11-9-7-5-3-4-6-8-10-12-14-16-18(20)22-2/h5,7H,3-4,6,8-16H2,1-2H3/b7-5+. The third kappa shape index (κ3) is 15.1. The van der Waals surface area contributed by atoms with Crippen molar-refractivity contribution in [2.24, 2.45) is 0 Å². The lowest BCUT2D eigenvalue weighted by Gasteiger charge is -2.00. The highest BCUT2D eigenvalue weighted by Crippen LogP contribution is 2.10. The number of carbonyl (C=O) groups excluding carboxylic acids is 2. The number of allylic oxidation sites excluding steroid dienone is 2. The maximum atomic E-state index is 10.9. The SMILES string of the molecule is COC(=O)CCCC/C=C/CCCCCCCCC(=O)OC. The van der Waals surface area contributed by atoms with Crippen LogP contribution in [0.1, 0.15) is 77.0 Å². The highest BCUT2D eigenvalue weighted by Gasteiger charge is 1.99. The molecule has 0 unspecified atom stereocenters. The molecule has 0 aromatic heterocycles. The summed E-state index contributed by atoms with van der Waals surface area (Å²) in [5.74, 6) is -0.215. The average Bonchev–Trinajstić information content (AvgIpc) is 2.54. The van der Waals surface area contributed by atoms with Gasteiger partial charge in [-0.15, -0.1) is 0 Å². The zero-order valence-corrected chi connectivity index (χ0v) is 14.3. The normalized spacial score (nSPS) is 10.8. The van der Waals surface area contributed by atoms with Gasteiger partial charge in [0.15, 0.2) is 0 Å². The van der Waals surface area contributed by atoms with Crippen LogP contribution in [0.2, 0.25) is 0 Å². The van der Waals surface area contributed by atoms with Crippen molar-refractivity contribution in [2.45, 2.75) is 77.0 Å². The van der Waals surface area contributed by atoms with Crippen molar-refractivity contribution < 1.29 is 19.1 Å². The molecule has 0 atom stereocenters. The maximum absolute atomic E-state index is 10.9. The molecule has 0 radical (unpaired) electrons. The van der Waals surface area contributed by atoms with Crippen molar-refractivity contribution in [3.63, 3.8) is 0 Å². The Bertz CT molecular complexity index is 310. The van der Waals surface area contributed by atoms with Gasteiger partial charge in [0.1, 0.15) is 0 Å². The molecule has 0 aliphatic rings. The van der Waals surface area contributed by atoms with E-state index in [9.17, 15) is 9.59 Å². The number of methoxy groups -OCH3 is 2. The fourth-order valence-electron chi connectivity index (χ4n) is 2.21. The van der Waals surface area contributed by atoms with Gasteiger partial charge in [0.05, 0.1) is 14.2 Å². The molecule has 0 saturated carbocycles. The second-order valence-electron chi connectivity index (χ2n) is 5.53. The molecule has 0 amide bonds. The van der Waals surface area contributed by atoms with Crippen LogP contribution in [0.4, 0.5) is 0 Å². The van der Waals surface area contributed by atoms with E-state index in [1.54, 1.807) is 0 Å². The zero-order valence-electron chi connectivity index (χ0n) is 14.3. The Morgan fingerprint density at radius 1 is 0.636 bits per heavy atom. The van der Waals surface area contributed by atoms with Crippen LogP contribution in [0.3, 0.4) is 0 Å². The van der Waals surface area contributed by atoms with Crippen LogP contribution in [0.25, 0.3) is 0 Å². The quantitative estimate of drug-likeness (QED) is 0.268. The first-order valence-electron chi connectivity index (χ1n) is 8.49. The van der Waals surface area contributed by atoms with Crippen LogP contribution < -0.4 is 0 Å². The summed E-state index contributed by atoms with van der Waals surface area (Å²) in [4.78, 5) is 21.8. The molecule has 0 spiro atoms. The molecule has 0 heterocycles. The summed E-state index contributed by atoms with van der Waals surface area (Å²) < 4.78 is 9.20. The van der Waals surface area contributed by atoms with Gasteiger partial charge < -0.3 is 9.47 Å². The summed E-state index contributed by atoms with van der Waals surface area (Å²) in [6.45, 7) is 0. The molecule has 0 aromatic rings. The molecular weight excluding hydrogens is 280 g/mol. The largest absolute Gasteiger partial charge is 0.469 e. The fraction of sp³-hybridized carbons (Fsp3) is 0.778. The average molecular weight is 312 g/mol. The molecule has 4 heteroatoms. The number of esters is 2. The maximum Gasteiger partial charge on any atom is 0.305 e. The summed E-state index contributed by atoms with van der Waals surface area (Å²) >= 11 is 0. The number of ether oxygens (including phenoxy) is 2. The fourth-order valence-corrected chi connectivity index (χ4v) is 2.21. The predicted molar refractivity (Wildman–Crippen MR) is 88.6 cm³/mol. The van der Waals surface area contributed by atoms with Crippen LogP contribution in [-0.4, -0.2) is 26.2 Å². The van der Waals surface area contributed by atoms with Crippen molar-refractivity contribution in [1.82, 2.24) is 0 Å². The van der Waals surface area contributed by atoms with Gasteiger partial charge in [0, 0.05) is 12.8 Å². The first-order chi connectivity index (χ1) is 10.7. The Hall–Kier alpha value is -1.32. The number of rotatable bonds is 14. The van der Waals surface area contributed by atoms with E-state index in [0.29, 0.717) is 12.8 Å². The van der Waals surface area contributed by atoms with Crippen LogP contribution in [-0.2, 0) is 19.1 Å². The lowest BCUT2D eigenvalue weighted by Crippen LogP contribution is -1.99. The lowest BCUT2D eigenvalue weighted by molar-refractivity contribution is -0.141. The third-order valence-corrected chi connectivity index (χ3v) is 3.63. The second kappa shape index (κ2) is 16.1. The Kier molecular flexibility index (Phi) is 15.1. The van der Waals surface area contributed by atoms with Crippen molar-refractivity contribution in [2.75, 3.05) is 14.2 Å². The van der Waals surface area contributed by atoms with Crippen molar-refractivity contribution in [3.05, 3.63) is 12.2 Å². The van der Waals surface area contributed by atoms with Gasteiger partial charge in [0.2, 0.25) is 0 Å². The zero-order chi connectivity index (χ0) is 16.5. The van der Waals surface area contributed by atoms with E-state index >= 15 is 0 Å². The number of carbonyl (C=O) groups is 2. The Labute approximate surface area is 135 Å². The first-order valence-corrected chi connectivity index (χ1v) is 8.49. The molecule has 0 N–H and O–H groups in total. The molecule has 0 aliphatic carbocycles. The Morgan fingerprint density at radius 3 is 1.50 bits per heavy atom. The summed E-state index contributed by atoms with van der Waals surface area (Å²) in [5.41, 5.74) is 0. The van der Waals surface area contributed by atoms with E-state index < -0.39 is 0 Å². The topological polar surface area (TPSA) is 52.6 Å². The van der Waals surface area contributed by atoms with E-state index in [1.807, 2.05) is 0 Å². The molecule has 0 rings (SSSR count). The minimum Gasteiger partial charge on any atom is -0.469 e. The van der Waals surface area contributed by atoms with Gasteiger partial charge in [-0.05, 0) is 38.5 Å². The Morgan fingerprint density at radius 2 is 1.00 bits per heavy atom. The summed E-state index contributed by atoms with van der Waals surface area (Å²) in [6, 6.07) is 0. The van der Waals surface area contributed by atoms with Crippen molar-refractivity contribution in [3.8, 4) is 0 Å². The van der Waals surface area contributed by atoms with Crippen LogP contribution in [0.5, 0.6) is 0 Å². The van der Waals surface area contributed by atoms with E-state index in [-0.39, 0.29) is 11.9 Å². The molecule has 0 aliphatic heterocycles. The van der Waals surface area contributed by atoms with E-state index in [0.717, 1.165) is 38.5 Å². The van der Waals surface area contributed by atoms with Crippen LogP contribution >= 0.6 is 0 Å². The van der Waals surface area contributed by atoms with E-state index in [2.05, 4.69) is 21.6 Å². The van der Waals surface area contributed by atoms with Crippen LogP contribution in [0.15, 0.2) is 12.2 Å². The molecule has 0 bridgehead atoms.